The second kappa shape index (κ2) is 5.87. The van der Waals surface area contributed by atoms with E-state index in [0.29, 0.717) is 18.4 Å². The second-order valence-corrected chi connectivity index (χ2v) is 4.99. The number of carbonyl (C=O) groups excluding carboxylic acids is 1. The minimum absolute atomic E-state index is 0.00694. The van der Waals surface area contributed by atoms with Gasteiger partial charge in [0, 0.05) is 18.9 Å². The lowest BCUT2D eigenvalue weighted by Gasteiger charge is -2.18. The van der Waals surface area contributed by atoms with Crippen molar-refractivity contribution in [3.63, 3.8) is 0 Å². The van der Waals surface area contributed by atoms with Gasteiger partial charge in [0.05, 0.1) is 0 Å². The molecular formula is C12H21NO3. The molecular weight excluding hydrogens is 206 g/mol. The number of carbonyl (C=O) groups is 2. The molecule has 1 saturated carbocycles. The Bertz CT molecular complexity index is 265. The summed E-state index contributed by atoms with van der Waals surface area (Å²) in [6.07, 6.45) is 3.79. The first-order chi connectivity index (χ1) is 7.49. The van der Waals surface area contributed by atoms with Crippen molar-refractivity contribution in [3.8, 4) is 0 Å². The van der Waals surface area contributed by atoms with Gasteiger partial charge in [-0.2, -0.15) is 0 Å². The summed E-state index contributed by atoms with van der Waals surface area (Å²) in [5, 5.41) is 11.6. The Balaban J connectivity index is 2.27. The molecule has 0 radical (unpaired) electrons. The molecule has 0 spiro atoms. The summed E-state index contributed by atoms with van der Waals surface area (Å²) in [5.41, 5.74) is 0. The Morgan fingerprint density at radius 1 is 1.38 bits per heavy atom. The number of carboxylic acid groups (broad SMARTS) is 1. The number of carboxylic acids is 1. The summed E-state index contributed by atoms with van der Waals surface area (Å²) < 4.78 is 0. The molecule has 4 heteroatoms. The maximum absolute atomic E-state index is 11.6. The van der Waals surface area contributed by atoms with Crippen molar-refractivity contribution in [3.05, 3.63) is 0 Å². The summed E-state index contributed by atoms with van der Waals surface area (Å²) in [6.45, 7) is 3.95. The van der Waals surface area contributed by atoms with E-state index in [2.05, 4.69) is 12.2 Å². The first kappa shape index (κ1) is 13.0. The van der Waals surface area contributed by atoms with Gasteiger partial charge >= 0.3 is 5.97 Å². The molecule has 1 amide bonds. The van der Waals surface area contributed by atoms with E-state index in [9.17, 15) is 9.59 Å². The van der Waals surface area contributed by atoms with E-state index in [1.165, 1.54) is 12.8 Å². The highest BCUT2D eigenvalue weighted by Crippen LogP contribution is 2.25. The summed E-state index contributed by atoms with van der Waals surface area (Å²) in [4.78, 5) is 22.1. The highest BCUT2D eigenvalue weighted by molar-refractivity contribution is 5.77. The maximum Gasteiger partial charge on any atom is 0.303 e. The summed E-state index contributed by atoms with van der Waals surface area (Å²) in [7, 11) is 0. The predicted octanol–water partition coefficient (Wildman–Crippen LogP) is 1.79. The van der Waals surface area contributed by atoms with Crippen LogP contribution in [0.4, 0.5) is 0 Å². The summed E-state index contributed by atoms with van der Waals surface area (Å²) in [6, 6.07) is 0.296. The molecule has 0 saturated heterocycles. The highest BCUT2D eigenvalue weighted by atomic mass is 16.4. The molecule has 3 unspecified atom stereocenters. The number of hydrogen-bond donors (Lipinski definition) is 2. The minimum Gasteiger partial charge on any atom is -0.481 e. The van der Waals surface area contributed by atoms with Crippen molar-refractivity contribution in [2.75, 3.05) is 0 Å². The maximum atomic E-state index is 11.6. The molecule has 1 aliphatic carbocycles. The van der Waals surface area contributed by atoms with Gasteiger partial charge < -0.3 is 10.4 Å². The summed E-state index contributed by atoms with van der Waals surface area (Å²) in [5.74, 6) is -0.380. The molecule has 2 N–H and O–H groups in total. The Kier molecular flexibility index (Phi) is 4.77. The first-order valence-electron chi connectivity index (χ1n) is 6.00. The zero-order valence-corrected chi connectivity index (χ0v) is 10.0. The Morgan fingerprint density at radius 3 is 2.56 bits per heavy atom. The SMILES string of the molecule is CC(CC(=O)O)CC(=O)NC1CCCC1C. The van der Waals surface area contributed by atoms with E-state index in [-0.39, 0.29) is 18.2 Å². The molecule has 0 aromatic rings. The van der Waals surface area contributed by atoms with Gasteiger partial charge in [0.1, 0.15) is 0 Å². The van der Waals surface area contributed by atoms with Crippen LogP contribution < -0.4 is 5.32 Å². The van der Waals surface area contributed by atoms with E-state index in [0.717, 1.165) is 6.42 Å². The van der Waals surface area contributed by atoms with Crippen LogP contribution in [0.25, 0.3) is 0 Å². The van der Waals surface area contributed by atoms with Gasteiger partial charge in [-0.3, -0.25) is 9.59 Å². The molecule has 1 rings (SSSR count). The van der Waals surface area contributed by atoms with E-state index in [1.807, 2.05) is 0 Å². The van der Waals surface area contributed by atoms with Gasteiger partial charge in [-0.25, -0.2) is 0 Å². The van der Waals surface area contributed by atoms with Crippen LogP contribution in [-0.4, -0.2) is 23.0 Å². The number of hydrogen-bond acceptors (Lipinski definition) is 2. The zero-order chi connectivity index (χ0) is 12.1. The molecule has 4 nitrogen and oxygen atoms in total. The van der Waals surface area contributed by atoms with Crippen molar-refractivity contribution in [2.24, 2.45) is 11.8 Å². The predicted molar refractivity (Wildman–Crippen MR) is 61.0 cm³/mol. The first-order valence-corrected chi connectivity index (χ1v) is 6.00. The van der Waals surface area contributed by atoms with Crippen molar-refractivity contribution < 1.29 is 14.7 Å². The lowest BCUT2D eigenvalue weighted by atomic mass is 10.0. The molecule has 1 aliphatic rings. The van der Waals surface area contributed by atoms with E-state index >= 15 is 0 Å². The van der Waals surface area contributed by atoms with Crippen LogP contribution in [0.5, 0.6) is 0 Å². The lowest BCUT2D eigenvalue weighted by Crippen LogP contribution is -2.37. The van der Waals surface area contributed by atoms with Crippen LogP contribution in [0.3, 0.4) is 0 Å². The number of rotatable bonds is 5. The average Bonchev–Trinajstić information content (AvgIpc) is 2.49. The van der Waals surface area contributed by atoms with Crippen LogP contribution in [0.1, 0.15) is 46.0 Å². The molecule has 92 valence electrons. The van der Waals surface area contributed by atoms with E-state index in [1.54, 1.807) is 6.92 Å². The van der Waals surface area contributed by atoms with Crippen molar-refractivity contribution in [2.45, 2.75) is 52.0 Å². The molecule has 0 aromatic carbocycles. The third kappa shape index (κ3) is 4.21. The van der Waals surface area contributed by atoms with Gasteiger partial charge in [0.2, 0.25) is 5.91 Å². The van der Waals surface area contributed by atoms with Crippen molar-refractivity contribution in [1.29, 1.82) is 0 Å². The van der Waals surface area contributed by atoms with Crippen LogP contribution in [-0.2, 0) is 9.59 Å². The topological polar surface area (TPSA) is 66.4 Å². The Labute approximate surface area is 96.4 Å². The smallest absolute Gasteiger partial charge is 0.303 e. The van der Waals surface area contributed by atoms with Crippen LogP contribution in [0.2, 0.25) is 0 Å². The molecule has 0 aliphatic heterocycles. The van der Waals surface area contributed by atoms with E-state index in [4.69, 9.17) is 5.11 Å². The van der Waals surface area contributed by atoms with Gasteiger partial charge in [-0.1, -0.05) is 20.3 Å². The second-order valence-electron chi connectivity index (χ2n) is 4.99. The number of nitrogens with one attached hydrogen (secondary N) is 1. The molecule has 3 atom stereocenters. The average molecular weight is 227 g/mol. The quantitative estimate of drug-likeness (QED) is 0.752. The molecule has 16 heavy (non-hydrogen) atoms. The third-order valence-corrected chi connectivity index (χ3v) is 3.26. The van der Waals surface area contributed by atoms with Crippen LogP contribution >= 0.6 is 0 Å². The van der Waals surface area contributed by atoms with Gasteiger partial charge in [0.15, 0.2) is 0 Å². The van der Waals surface area contributed by atoms with Gasteiger partial charge in [-0.15, -0.1) is 0 Å². The third-order valence-electron chi connectivity index (χ3n) is 3.26. The fourth-order valence-electron chi connectivity index (χ4n) is 2.31. The van der Waals surface area contributed by atoms with Crippen LogP contribution in [0, 0.1) is 11.8 Å². The van der Waals surface area contributed by atoms with Crippen molar-refractivity contribution in [1.82, 2.24) is 5.32 Å². The number of aliphatic carboxylic acids is 1. The minimum atomic E-state index is -0.838. The number of amides is 1. The lowest BCUT2D eigenvalue weighted by molar-refractivity contribution is -0.138. The highest BCUT2D eigenvalue weighted by Gasteiger charge is 2.25. The molecule has 0 heterocycles. The van der Waals surface area contributed by atoms with Gasteiger partial charge in [0.25, 0.3) is 0 Å². The van der Waals surface area contributed by atoms with Gasteiger partial charge in [-0.05, 0) is 24.7 Å². The van der Waals surface area contributed by atoms with Crippen LogP contribution in [0.15, 0.2) is 0 Å². The fourth-order valence-corrected chi connectivity index (χ4v) is 2.31. The molecule has 0 bridgehead atoms. The fraction of sp³-hybridized carbons (Fsp3) is 0.833. The largest absolute Gasteiger partial charge is 0.481 e. The Hall–Kier alpha value is -1.06. The van der Waals surface area contributed by atoms with E-state index < -0.39 is 5.97 Å². The molecule has 1 fully saturated rings. The van der Waals surface area contributed by atoms with Crippen molar-refractivity contribution >= 4 is 11.9 Å². The normalized spacial score (nSPS) is 26.4. The summed E-state index contributed by atoms with van der Waals surface area (Å²) >= 11 is 0. The zero-order valence-electron chi connectivity index (χ0n) is 10.0. The molecule has 0 aromatic heterocycles. The monoisotopic (exact) mass is 227 g/mol. The standard InChI is InChI=1S/C12H21NO3/c1-8(7-12(15)16)6-11(14)13-10-5-3-4-9(10)2/h8-10H,3-7H2,1-2H3,(H,13,14)(H,15,16). The Morgan fingerprint density at radius 2 is 2.06 bits per heavy atom.